The van der Waals surface area contributed by atoms with Gasteiger partial charge in [0.1, 0.15) is 0 Å². The van der Waals surface area contributed by atoms with Gasteiger partial charge in [0.15, 0.2) is 0 Å². The Hall–Kier alpha value is -0.0800. The Balaban J connectivity index is 1.60. The predicted octanol–water partition coefficient (Wildman–Crippen LogP) is 4.45. The van der Waals surface area contributed by atoms with E-state index in [1.807, 2.05) is 0 Å². The Kier molecular flexibility index (Phi) is 10.6. The lowest BCUT2D eigenvalue weighted by molar-refractivity contribution is 0.282. The third-order valence-corrected chi connectivity index (χ3v) is 3.84. The Morgan fingerprint density at radius 1 is 0.667 bits per heavy atom. The Labute approximate surface area is 113 Å². The molecule has 18 heavy (non-hydrogen) atoms. The van der Waals surface area contributed by atoms with E-state index in [9.17, 15) is 0 Å². The zero-order valence-electron chi connectivity index (χ0n) is 12.0. The predicted molar refractivity (Wildman–Crippen MR) is 76.8 cm³/mol. The summed E-state index contributed by atoms with van der Waals surface area (Å²) >= 11 is 0. The molecule has 0 aromatic carbocycles. The van der Waals surface area contributed by atoms with Crippen molar-refractivity contribution in [1.82, 2.24) is 0 Å². The lowest BCUT2D eigenvalue weighted by Crippen LogP contribution is -1.86. The molecule has 1 heterocycles. The van der Waals surface area contributed by atoms with Crippen molar-refractivity contribution in [3.63, 3.8) is 0 Å². The van der Waals surface area contributed by atoms with Crippen molar-refractivity contribution in [3.8, 4) is 0 Å². The van der Waals surface area contributed by atoms with Crippen LogP contribution in [0.1, 0.15) is 83.5 Å². The summed E-state index contributed by atoms with van der Waals surface area (Å²) in [6.07, 6.45) is 18.1. The smallest absolute Gasteiger partial charge is 0.0810 e. The molecule has 0 aliphatic carbocycles. The minimum absolute atomic E-state index is 0.368. The molecule has 0 bridgehead atoms. The molecule has 1 saturated heterocycles. The monoisotopic (exact) mass is 256 g/mol. The van der Waals surface area contributed by atoms with E-state index in [-0.39, 0.29) is 0 Å². The van der Waals surface area contributed by atoms with Crippen LogP contribution in [0.4, 0.5) is 0 Å². The molecule has 0 amide bonds. The van der Waals surface area contributed by atoms with Crippen molar-refractivity contribution in [2.45, 2.75) is 89.6 Å². The molecule has 0 aromatic heterocycles. The summed E-state index contributed by atoms with van der Waals surface area (Å²) in [5.74, 6) is 0. The van der Waals surface area contributed by atoms with Crippen LogP contribution in [0.3, 0.4) is 0 Å². The molecule has 1 aliphatic rings. The van der Waals surface area contributed by atoms with Crippen LogP contribution in [-0.2, 0) is 4.74 Å². The topological polar surface area (TPSA) is 32.8 Å². The first-order valence-corrected chi connectivity index (χ1v) is 8.16. The molecule has 1 N–H and O–H groups in total. The second-order valence-corrected chi connectivity index (χ2v) is 5.71. The van der Waals surface area contributed by atoms with E-state index >= 15 is 0 Å². The molecule has 2 nitrogen and oxygen atoms in total. The van der Waals surface area contributed by atoms with Crippen molar-refractivity contribution in [2.24, 2.45) is 0 Å². The van der Waals surface area contributed by atoms with Gasteiger partial charge in [0.25, 0.3) is 0 Å². The highest BCUT2D eigenvalue weighted by Crippen LogP contribution is 2.18. The van der Waals surface area contributed by atoms with Crippen molar-refractivity contribution < 1.29 is 9.84 Å². The fourth-order valence-corrected chi connectivity index (χ4v) is 2.49. The maximum absolute atomic E-state index is 8.65. The van der Waals surface area contributed by atoms with Gasteiger partial charge in [0, 0.05) is 6.61 Å². The fourth-order valence-electron chi connectivity index (χ4n) is 2.49. The Bertz CT molecular complexity index is 166. The van der Waals surface area contributed by atoms with Gasteiger partial charge in [-0.2, -0.15) is 0 Å². The van der Waals surface area contributed by atoms with Gasteiger partial charge in [0.05, 0.1) is 12.7 Å². The summed E-state index contributed by atoms with van der Waals surface area (Å²) < 4.78 is 5.20. The molecule has 1 aliphatic heterocycles. The zero-order valence-corrected chi connectivity index (χ0v) is 12.0. The van der Waals surface area contributed by atoms with Crippen molar-refractivity contribution >= 4 is 0 Å². The number of hydrogen-bond donors (Lipinski definition) is 1. The average molecular weight is 256 g/mol. The second-order valence-electron chi connectivity index (χ2n) is 5.71. The molecule has 0 radical (unpaired) electrons. The molecule has 1 unspecified atom stereocenters. The highest BCUT2D eigenvalue weighted by Gasteiger charge is 2.20. The van der Waals surface area contributed by atoms with E-state index in [0.717, 1.165) is 13.0 Å². The molecule has 0 saturated carbocycles. The van der Waals surface area contributed by atoms with Crippen LogP contribution in [-0.4, -0.2) is 24.4 Å². The lowest BCUT2D eigenvalue weighted by atomic mass is 10.0. The highest BCUT2D eigenvalue weighted by molar-refractivity contribution is 4.68. The van der Waals surface area contributed by atoms with Crippen molar-refractivity contribution in [1.29, 1.82) is 0 Å². The quantitative estimate of drug-likeness (QED) is 0.368. The van der Waals surface area contributed by atoms with Gasteiger partial charge in [-0.15, -0.1) is 0 Å². The summed E-state index contributed by atoms with van der Waals surface area (Å²) in [7, 11) is 0. The molecule has 1 fully saturated rings. The van der Waals surface area contributed by atoms with Crippen LogP contribution in [0.2, 0.25) is 0 Å². The SMILES string of the molecule is OCCCCCCCCCCCCCCC1CO1. The third-order valence-electron chi connectivity index (χ3n) is 3.84. The standard InChI is InChI=1S/C16H32O2/c17-14-12-10-8-6-4-2-1-3-5-7-9-11-13-16-15-18-16/h16-17H,1-15H2. The summed E-state index contributed by atoms with van der Waals surface area (Å²) in [6.45, 7) is 1.39. The largest absolute Gasteiger partial charge is 0.396 e. The van der Waals surface area contributed by atoms with Crippen LogP contribution < -0.4 is 0 Å². The van der Waals surface area contributed by atoms with Crippen LogP contribution in [0.15, 0.2) is 0 Å². The van der Waals surface area contributed by atoms with Gasteiger partial charge >= 0.3 is 0 Å². The summed E-state index contributed by atoms with van der Waals surface area (Å²) in [6, 6.07) is 0. The number of hydrogen-bond acceptors (Lipinski definition) is 2. The molecule has 1 rings (SSSR count). The van der Waals surface area contributed by atoms with E-state index in [0.29, 0.717) is 12.7 Å². The van der Waals surface area contributed by atoms with E-state index in [4.69, 9.17) is 9.84 Å². The molecule has 0 spiro atoms. The minimum Gasteiger partial charge on any atom is -0.396 e. The van der Waals surface area contributed by atoms with Gasteiger partial charge in [-0.3, -0.25) is 0 Å². The van der Waals surface area contributed by atoms with Crippen molar-refractivity contribution in [2.75, 3.05) is 13.2 Å². The zero-order chi connectivity index (χ0) is 12.9. The number of unbranched alkanes of at least 4 members (excludes halogenated alkanes) is 11. The van der Waals surface area contributed by atoms with Crippen molar-refractivity contribution in [3.05, 3.63) is 0 Å². The van der Waals surface area contributed by atoms with Gasteiger partial charge in [-0.25, -0.2) is 0 Å². The first-order valence-electron chi connectivity index (χ1n) is 8.16. The van der Waals surface area contributed by atoms with Gasteiger partial charge in [-0.05, 0) is 12.8 Å². The van der Waals surface area contributed by atoms with Crippen LogP contribution in [0.5, 0.6) is 0 Å². The fraction of sp³-hybridized carbons (Fsp3) is 1.00. The maximum atomic E-state index is 8.65. The van der Waals surface area contributed by atoms with Crippen LogP contribution >= 0.6 is 0 Å². The van der Waals surface area contributed by atoms with Crippen LogP contribution in [0.25, 0.3) is 0 Å². The van der Waals surface area contributed by atoms with E-state index in [1.165, 1.54) is 77.0 Å². The van der Waals surface area contributed by atoms with E-state index < -0.39 is 0 Å². The highest BCUT2D eigenvalue weighted by atomic mass is 16.6. The first kappa shape index (κ1) is 16.0. The number of rotatable bonds is 14. The van der Waals surface area contributed by atoms with Gasteiger partial charge in [0.2, 0.25) is 0 Å². The maximum Gasteiger partial charge on any atom is 0.0810 e. The third kappa shape index (κ3) is 11.0. The van der Waals surface area contributed by atoms with E-state index in [2.05, 4.69) is 0 Å². The second kappa shape index (κ2) is 12.0. The first-order chi connectivity index (χ1) is 8.93. The number of epoxide rings is 1. The summed E-state index contributed by atoms with van der Waals surface area (Å²) in [5.41, 5.74) is 0. The van der Waals surface area contributed by atoms with Gasteiger partial charge in [-0.1, -0.05) is 70.6 Å². The summed E-state index contributed by atoms with van der Waals surface area (Å²) in [5, 5.41) is 8.65. The molecule has 2 heteroatoms. The molecular formula is C16H32O2. The van der Waals surface area contributed by atoms with Gasteiger partial charge < -0.3 is 9.84 Å². The Morgan fingerprint density at radius 3 is 1.44 bits per heavy atom. The minimum atomic E-state index is 0.368. The lowest BCUT2D eigenvalue weighted by Gasteiger charge is -2.02. The average Bonchev–Trinajstić information content (AvgIpc) is 3.19. The Morgan fingerprint density at radius 2 is 1.06 bits per heavy atom. The number of aliphatic hydroxyl groups is 1. The number of ether oxygens (including phenoxy) is 1. The molecule has 1 atom stereocenters. The molecular weight excluding hydrogens is 224 g/mol. The molecule has 108 valence electrons. The molecule has 0 aromatic rings. The summed E-state index contributed by atoms with van der Waals surface area (Å²) in [4.78, 5) is 0. The normalized spacial score (nSPS) is 18.2. The van der Waals surface area contributed by atoms with E-state index in [1.54, 1.807) is 0 Å². The van der Waals surface area contributed by atoms with Crippen LogP contribution in [0, 0.1) is 0 Å². The number of aliphatic hydroxyl groups excluding tert-OH is 1.